The molecule has 0 aliphatic carbocycles. The maximum atomic E-state index is 2.12. The molecule has 0 nitrogen and oxygen atoms in total. The van der Waals surface area contributed by atoms with E-state index in [2.05, 4.69) is 23.5 Å². The Morgan fingerprint density at radius 2 is 0.733 bits per heavy atom. The molecule has 2 heteroatoms. The zero-order valence-electron chi connectivity index (χ0n) is 10.6. The lowest BCUT2D eigenvalue weighted by molar-refractivity contribution is 0.726. The van der Waals surface area contributed by atoms with Crippen LogP contribution in [0.1, 0.15) is 58.8 Å². The Hall–Kier alpha value is 0.700. The van der Waals surface area contributed by atoms with E-state index in [0.717, 1.165) is 0 Å². The fourth-order valence-corrected chi connectivity index (χ4v) is 3.59. The van der Waals surface area contributed by atoms with Crippen molar-refractivity contribution in [2.24, 2.45) is 0 Å². The van der Waals surface area contributed by atoms with Gasteiger partial charge in [0.2, 0.25) is 0 Å². The molecule has 15 heavy (non-hydrogen) atoms. The van der Waals surface area contributed by atoms with Gasteiger partial charge in [-0.15, -0.1) is 0 Å². The van der Waals surface area contributed by atoms with Crippen LogP contribution in [0, 0.1) is 0 Å². The Morgan fingerprint density at radius 1 is 0.467 bits per heavy atom. The molecule has 2 rings (SSSR count). The van der Waals surface area contributed by atoms with Gasteiger partial charge in [0, 0.05) is 0 Å². The topological polar surface area (TPSA) is 0 Å². The first-order chi connectivity index (χ1) is 7.50. The fourth-order valence-electron chi connectivity index (χ4n) is 1.55. The van der Waals surface area contributed by atoms with Crippen LogP contribution in [0.15, 0.2) is 0 Å². The Balaban J connectivity index is 0.000000227. The molecule has 2 aliphatic rings. The minimum Gasteiger partial charge on any atom is -0.162 e. The van der Waals surface area contributed by atoms with Gasteiger partial charge in [-0.2, -0.15) is 23.5 Å². The summed E-state index contributed by atoms with van der Waals surface area (Å²) in [5.74, 6) is 5.67. The molecule has 0 unspecified atom stereocenters. The van der Waals surface area contributed by atoms with E-state index in [1.807, 2.05) is 13.8 Å². The van der Waals surface area contributed by atoms with E-state index in [1.165, 1.54) is 68.0 Å². The van der Waals surface area contributed by atoms with E-state index in [-0.39, 0.29) is 0 Å². The number of thioether (sulfide) groups is 2. The van der Waals surface area contributed by atoms with Crippen LogP contribution in [0.2, 0.25) is 0 Å². The van der Waals surface area contributed by atoms with Crippen molar-refractivity contribution in [2.45, 2.75) is 58.8 Å². The van der Waals surface area contributed by atoms with Crippen molar-refractivity contribution in [2.75, 3.05) is 23.0 Å². The predicted octanol–water partition coefficient (Wildman–Crippen LogP) is 5.22. The molecule has 2 heterocycles. The molecule has 0 saturated carbocycles. The monoisotopic (exact) mass is 248 g/mol. The van der Waals surface area contributed by atoms with E-state index >= 15 is 0 Å². The lowest BCUT2D eigenvalue weighted by atomic mass is 10.2. The summed E-state index contributed by atoms with van der Waals surface area (Å²) in [6.07, 6.45) is 10.3. The van der Waals surface area contributed by atoms with Crippen molar-refractivity contribution < 1.29 is 0 Å². The summed E-state index contributed by atoms with van der Waals surface area (Å²) in [6.45, 7) is 4.00. The van der Waals surface area contributed by atoms with Crippen LogP contribution in [0.3, 0.4) is 0 Å². The zero-order valence-corrected chi connectivity index (χ0v) is 12.2. The normalized spacial score (nSPS) is 21.2. The van der Waals surface area contributed by atoms with Crippen LogP contribution in [-0.2, 0) is 0 Å². The molecule has 0 aromatic heterocycles. The molecule has 0 aromatic rings. The molecule has 92 valence electrons. The van der Waals surface area contributed by atoms with Gasteiger partial charge < -0.3 is 0 Å². The lowest BCUT2D eigenvalue weighted by Crippen LogP contribution is -1.91. The van der Waals surface area contributed by atoms with Crippen molar-refractivity contribution in [1.29, 1.82) is 0 Å². The quantitative estimate of drug-likeness (QED) is 0.576. The standard InChI is InChI=1S/C6H12S.C5H10S.C2H6/c1-2-4-6-7-5-3-1;1-2-4-6-5-3-1;1-2/h1-6H2;1-5H2;1-2H3. The first-order valence-electron chi connectivity index (χ1n) is 6.65. The van der Waals surface area contributed by atoms with E-state index in [1.54, 1.807) is 0 Å². The second-order valence-electron chi connectivity index (χ2n) is 3.70. The first-order valence-corrected chi connectivity index (χ1v) is 8.96. The van der Waals surface area contributed by atoms with Gasteiger partial charge in [0.15, 0.2) is 0 Å². The fraction of sp³-hybridized carbons (Fsp3) is 1.00. The lowest BCUT2D eigenvalue weighted by Gasteiger charge is -2.05. The third-order valence-corrected chi connectivity index (χ3v) is 4.71. The average molecular weight is 249 g/mol. The van der Waals surface area contributed by atoms with Gasteiger partial charge in [-0.3, -0.25) is 0 Å². The Morgan fingerprint density at radius 3 is 1.07 bits per heavy atom. The predicted molar refractivity (Wildman–Crippen MR) is 78.3 cm³/mol. The number of hydrogen-bond acceptors (Lipinski definition) is 2. The molecule has 0 spiro atoms. The minimum absolute atomic E-state index is 1.42. The van der Waals surface area contributed by atoms with Gasteiger partial charge in [0.25, 0.3) is 0 Å². The van der Waals surface area contributed by atoms with Crippen LogP contribution in [0.4, 0.5) is 0 Å². The van der Waals surface area contributed by atoms with Crippen LogP contribution in [0.25, 0.3) is 0 Å². The van der Waals surface area contributed by atoms with Gasteiger partial charge >= 0.3 is 0 Å². The summed E-state index contributed by atoms with van der Waals surface area (Å²) in [5.41, 5.74) is 0. The number of hydrogen-bond donors (Lipinski definition) is 0. The molecule has 0 aromatic carbocycles. The molecule has 0 atom stereocenters. The molecule has 0 bridgehead atoms. The largest absolute Gasteiger partial charge is 0.162 e. The summed E-state index contributed by atoms with van der Waals surface area (Å²) in [5, 5.41) is 0. The number of rotatable bonds is 0. The van der Waals surface area contributed by atoms with Gasteiger partial charge in [-0.25, -0.2) is 0 Å². The molecular formula is C13H28S2. The third kappa shape index (κ3) is 12.6. The van der Waals surface area contributed by atoms with Crippen molar-refractivity contribution in [3.63, 3.8) is 0 Å². The molecule has 2 saturated heterocycles. The summed E-state index contributed by atoms with van der Waals surface area (Å²) in [4.78, 5) is 0. The van der Waals surface area contributed by atoms with Crippen molar-refractivity contribution >= 4 is 23.5 Å². The van der Waals surface area contributed by atoms with Crippen molar-refractivity contribution in [1.82, 2.24) is 0 Å². The molecular weight excluding hydrogens is 220 g/mol. The highest BCUT2D eigenvalue weighted by atomic mass is 32.2. The van der Waals surface area contributed by atoms with E-state index in [9.17, 15) is 0 Å². The Labute approximate surface area is 105 Å². The van der Waals surface area contributed by atoms with Gasteiger partial charge in [0.1, 0.15) is 0 Å². The van der Waals surface area contributed by atoms with Crippen LogP contribution < -0.4 is 0 Å². The highest BCUT2D eigenvalue weighted by Gasteiger charge is 1.96. The van der Waals surface area contributed by atoms with Crippen molar-refractivity contribution in [3.8, 4) is 0 Å². The van der Waals surface area contributed by atoms with E-state index in [4.69, 9.17) is 0 Å². The van der Waals surface area contributed by atoms with Crippen molar-refractivity contribution in [3.05, 3.63) is 0 Å². The Kier molecular flexibility index (Phi) is 15.4. The van der Waals surface area contributed by atoms with Gasteiger partial charge in [-0.05, 0) is 48.7 Å². The summed E-state index contributed by atoms with van der Waals surface area (Å²) >= 11 is 4.21. The summed E-state index contributed by atoms with van der Waals surface area (Å²) in [7, 11) is 0. The Bertz CT molecular complexity index is 69.5. The average Bonchev–Trinajstić information content (AvgIpc) is 2.67. The molecule has 0 radical (unpaired) electrons. The first kappa shape index (κ1) is 15.7. The molecule has 0 amide bonds. The second kappa shape index (κ2) is 14.7. The summed E-state index contributed by atoms with van der Waals surface area (Å²) in [6, 6.07) is 0. The highest BCUT2D eigenvalue weighted by Crippen LogP contribution is 2.15. The van der Waals surface area contributed by atoms with E-state index < -0.39 is 0 Å². The summed E-state index contributed by atoms with van der Waals surface area (Å²) < 4.78 is 0. The van der Waals surface area contributed by atoms with Gasteiger partial charge in [-0.1, -0.05) is 33.1 Å². The van der Waals surface area contributed by atoms with Crippen LogP contribution in [-0.4, -0.2) is 23.0 Å². The third-order valence-electron chi connectivity index (χ3n) is 2.40. The van der Waals surface area contributed by atoms with Gasteiger partial charge in [0.05, 0.1) is 0 Å². The zero-order chi connectivity index (χ0) is 11.2. The molecule has 0 N–H and O–H groups in total. The second-order valence-corrected chi connectivity index (χ2v) is 6.15. The minimum atomic E-state index is 1.42. The molecule has 2 aliphatic heterocycles. The van der Waals surface area contributed by atoms with Crippen LogP contribution in [0.5, 0.6) is 0 Å². The molecule has 2 fully saturated rings. The van der Waals surface area contributed by atoms with Crippen LogP contribution >= 0.6 is 23.5 Å². The smallest absolute Gasteiger partial charge is 0.00675 e. The van der Waals surface area contributed by atoms with E-state index in [0.29, 0.717) is 0 Å². The maximum absolute atomic E-state index is 2.12. The SMILES string of the molecule is C1CCCSCC1.C1CCSCC1.CC. The maximum Gasteiger partial charge on any atom is -0.00675 e. The highest BCUT2D eigenvalue weighted by molar-refractivity contribution is 7.99.